The predicted octanol–water partition coefficient (Wildman–Crippen LogP) is 4.33. The van der Waals surface area contributed by atoms with E-state index in [4.69, 9.17) is 11.6 Å². The Morgan fingerprint density at radius 2 is 1.86 bits per heavy atom. The largest absolute Gasteiger partial charge is 0.493 e. The van der Waals surface area contributed by atoms with Crippen molar-refractivity contribution in [3.05, 3.63) is 113 Å². The number of hydrogen-bond acceptors (Lipinski definition) is 6. The highest BCUT2D eigenvalue weighted by atomic mass is 35.5. The third-order valence-electron chi connectivity index (χ3n) is 6.00. The van der Waals surface area contributed by atoms with E-state index in [0.717, 1.165) is 23.0 Å². The first-order chi connectivity index (χ1) is 17.7. The number of halogens is 4. The number of thiazole rings is 1. The molecule has 0 aliphatic carbocycles. The molecule has 2 aromatic carbocycles. The van der Waals surface area contributed by atoms with Gasteiger partial charge in [-0.2, -0.15) is 23.4 Å². The molecule has 188 valence electrons. The van der Waals surface area contributed by atoms with Crippen LogP contribution in [0.3, 0.4) is 0 Å². The molecule has 5 rings (SSSR count). The van der Waals surface area contributed by atoms with Crippen LogP contribution in [0, 0.1) is 0 Å². The van der Waals surface area contributed by atoms with Gasteiger partial charge in [0.05, 0.1) is 22.0 Å². The molecular weight excluding hydrogens is 525 g/mol. The number of benzene rings is 2. The van der Waals surface area contributed by atoms with Crippen molar-refractivity contribution in [1.82, 2.24) is 9.55 Å². The van der Waals surface area contributed by atoms with E-state index < -0.39 is 16.6 Å². The van der Waals surface area contributed by atoms with E-state index in [1.165, 1.54) is 16.7 Å². The topological polar surface area (TPSA) is 79.8 Å². The fraction of sp³-hybridized carbons (Fsp3) is 0.154. The molecule has 11 heteroatoms. The van der Waals surface area contributed by atoms with Gasteiger partial charge < -0.3 is 5.11 Å². The number of pyridine rings is 1. The average Bonchev–Trinajstić information content (AvgIpc) is 3.45. The van der Waals surface area contributed by atoms with E-state index >= 15 is 0 Å². The zero-order valence-corrected chi connectivity index (χ0v) is 20.6. The molecular formula is C26H18ClF3N4O2S. The maximum atomic E-state index is 13.9. The quantitative estimate of drug-likeness (QED) is 0.394. The normalized spacial score (nSPS) is 13.4. The number of hydrogen-bond donors (Lipinski definition) is 1. The van der Waals surface area contributed by atoms with Gasteiger partial charge in [-0.05, 0) is 64.7 Å². The number of rotatable bonds is 6. The maximum absolute atomic E-state index is 13.9. The number of alkyl halides is 3. The first-order valence-corrected chi connectivity index (χ1v) is 12.3. The van der Waals surface area contributed by atoms with Crippen molar-refractivity contribution < 1.29 is 18.3 Å². The Balaban J connectivity index is 1.64. The fourth-order valence-electron chi connectivity index (χ4n) is 4.14. The summed E-state index contributed by atoms with van der Waals surface area (Å²) in [6.07, 6.45) is 0.445. The van der Waals surface area contributed by atoms with Gasteiger partial charge in [0.1, 0.15) is 0 Å². The lowest BCUT2D eigenvalue weighted by Gasteiger charge is -2.15. The third kappa shape index (κ3) is 5.21. The smallest absolute Gasteiger partial charge is 0.416 e. The number of aromatic hydroxyl groups is 1. The molecule has 1 N–H and O–H groups in total. The lowest BCUT2D eigenvalue weighted by Crippen LogP contribution is -2.17. The SMILES string of the molecule is O=c1sc(C(Cc2ccc(Cl)cc2C(F)(F)F)=c2ccc3c(c2)C=NN=3)c(O)n1CCc1ccncc1. The minimum Gasteiger partial charge on any atom is -0.493 e. The zero-order valence-electron chi connectivity index (χ0n) is 19.0. The van der Waals surface area contributed by atoms with Gasteiger partial charge in [0, 0.05) is 35.9 Å². The molecule has 0 saturated carbocycles. The summed E-state index contributed by atoms with van der Waals surface area (Å²) in [4.78, 5) is 16.6. The summed E-state index contributed by atoms with van der Waals surface area (Å²) in [5.41, 5.74) is 1.08. The summed E-state index contributed by atoms with van der Waals surface area (Å²) < 4.78 is 42.8. The summed E-state index contributed by atoms with van der Waals surface area (Å²) in [7, 11) is 0. The zero-order chi connectivity index (χ0) is 26.2. The lowest BCUT2D eigenvalue weighted by atomic mass is 9.96. The van der Waals surface area contributed by atoms with Crippen LogP contribution in [-0.2, 0) is 25.6 Å². The Morgan fingerprint density at radius 1 is 1.08 bits per heavy atom. The van der Waals surface area contributed by atoms with Crippen LogP contribution < -0.4 is 15.4 Å². The van der Waals surface area contributed by atoms with E-state index in [2.05, 4.69) is 15.2 Å². The Bertz CT molecular complexity index is 1700. The first-order valence-electron chi connectivity index (χ1n) is 11.1. The number of aryl methyl sites for hydroxylation is 1. The highest BCUT2D eigenvalue weighted by molar-refractivity contribution is 7.10. The van der Waals surface area contributed by atoms with Crippen LogP contribution in [0.1, 0.15) is 27.1 Å². The monoisotopic (exact) mass is 542 g/mol. The fourth-order valence-corrected chi connectivity index (χ4v) is 5.29. The summed E-state index contributed by atoms with van der Waals surface area (Å²) in [6.45, 7) is 0.197. The molecule has 1 aliphatic rings. The minimum atomic E-state index is -4.64. The predicted molar refractivity (Wildman–Crippen MR) is 136 cm³/mol. The van der Waals surface area contributed by atoms with Crippen LogP contribution in [0.15, 0.2) is 75.9 Å². The Labute approximate surface area is 217 Å². The van der Waals surface area contributed by atoms with Gasteiger partial charge in [-0.25, -0.2) is 0 Å². The van der Waals surface area contributed by atoms with Crippen molar-refractivity contribution in [2.45, 2.75) is 25.6 Å². The van der Waals surface area contributed by atoms with Crippen molar-refractivity contribution in [2.24, 2.45) is 10.2 Å². The summed E-state index contributed by atoms with van der Waals surface area (Å²) in [5, 5.41) is 20.1. The van der Waals surface area contributed by atoms with Crippen LogP contribution in [0.4, 0.5) is 13.2 Å². The number of nitrogens with zero attached hydrogens (tertiary/aromatic N) is 4. The Morgan fingerprint density at radius 3 is 2.62 bits per heavy atom. The van der Waals surface area contributed by atoms with E-state index in [9.17, 15) is 23.1 Å². The summed E-state index contributed by atoms with van der Waals surface area (Å²) in [6, 6.07) is 12.3. The van der Waals surface area contributed by atoms with Gasteiger partial charge in [0.2, 0.25) is 5.88 Å². The van der Waals surface area contributed by atoms with Gasteiger partial charge in [0.25, 0.3) is 0 Å². The van der Waals surface area contributed by atoms with Crippen LogP contribution in [0.5, 0.6) is 5.88 Å². The van der Waals surface area contributed by atoms with Crippen molar-refractivity contribution in [3.8, 4) is 5.88 Å². The molecule has 0 atom stereocenters. The average molecular weight is 543 g/mol. The van der Waals surface area contributed by atoms with E-state index in [0.29, 0.717) is 28.1 Å². The van der Waals surface area contributed by atoms with Crippen LogP contribution >= 0.6 is 22.9 Å². The van der Waals surface area contributed by atoms with Crippen molar-refractivity contribution in [1.29, 1.82) is 0 Å². The molecule has 0 bridgehead atoms. The molecule has 6 nitrogen and oxygen atoms in total. The van der Waals surface area contributed by atoms with E-state index in [1.807, 2.05) is 12.1 Å². The summed E-state index contributed by atoms with van der Waals surface area (Å²) >= 11 is 6.67. The van der Waals surface area contributed by atoms with Crippen molar-refractivity contribution in [2.75, 3.05) is 0 Å². The molecule has 1 aliphatic heterocycles. The molecule has 0 amide bonds. The standard InChI is InChI=1S/C26H18ClF3N4O2S/c27-19-3-1-17(21(13-19)26(28,29)30)12-20(16-2-4-22-18(11-16)14-32-33-22)23-24(35)34(25(36)37-23)10-7-15-5-8-31-9-6-15/h1-6,8-9,11,13-14,35H,7,10,12H2. The lowest BCUT2D eigenvalue weighted by molar-refractivity contribution is -0.138. The Kier molecular flexibility index (Phi) is 6.70. The number of fused-ring (bicyclic) bond motifs is 1. The minimum absolute atomic E-state index is 0.0330. The molecule has 37 heavy (non-hydrogen) atoms. The Hall–Kier alpha value is -3.76. The molecule has 4 aromatic rings. The van der Waals surface area contributed by atoms with Gasteiger partial charge in [0.15, 0.2) is 0 Å². The second-order valence-electron chi connectivity index (χ2n) is 8.35. The summed E-state index contributed by atoms with van der Waals surface area (Å²) in [5.74, 6) is -0.291. The van der Waals surface area contributed by atoms with Crippen LogP contribution in [0.25, 0.3) is 5.57 Å². The van der Waals surface area contributed by atoms with E-state index in [1.54, 1.807) is 36.8 Å². The molecule has 0 saturated heterocycles. The van der Waals surface area contributed by atoms with Gasteiger partial charge in [-0.1, -0.05) is 35.1 Å². The highest BCUT2D eigenvalue weighted by Gasteiger charge is 2.34. The molecule has 0 spiro atoms. The van der Waals surface area contributed by atoms with Crippen molar-refractivity contribution >= 4 is 34.7 Å². The molecule has 0 unspecified atom stereocenters. The molecule has 0 radical (unpaired) electrons. The molecule has 2 aromatic heterocycles. The molecule has 0 fully saturated rings. The van der Waals surface area contributed by atoms with Crippen molar-refractivity contribution in [3.63, 3.8) is 0 Å². The van der Waals surface area contributed by atoms with Crippen LogP contribution in [-0.4, -0.2) is 20.9 Å². The van der Waals surface area contributed by atoms with Crippen LogP contribution in [0.2, 0.25) is 5.02 Å². The second-order valence-corrected chi connectivity index (χ2v) is 9.75. The number of aromatic nitrogens is 2. The van der Waals surface area contributed by atoms with Gasteiger partial charge in [-0.15, -0.1) is 0 Å². The first kappa shape index (κ1) is 24.9. The van der Waals surface area contributed by atoms with Gasteiger partial charge in [-0.3, -0.25) is 14.3 Å². The molecule has 3 heterocycles. The maximum Gasteiger partial charge on any atom is 0.416 e. The van der Waals surface area contributed by atoms with Gasteiger partial charge >= 0.3 is 11.0 Å². The highest BCUT2D eigenvalue weighted by Crippen LogP contribution is 2.37. The van der Waals surface area contributed by atoms with E-state index in [-0.39, 0.29) is 34.3 Å². The second kappa shape index (κ2) is 9.95. The third-order valence-corrected chi connectivity index (χ3v) is 7.26.